The molecule has 3 aliphatic heterocycles. The van der Waals surface area contributed by atoms with Gasteiger partial charge >= 0.3 is 0 Å². The summed E-state index contributed by atoms with van der Waals surface area (Å²) < 4.78 is 39.1. The molecule has 3 aliphatic rings. The number of aromatic nitrogens is 1. The molecule has 1 atom stereocenters. The molecule has 2 aromatic rings. The topological polar surface area (TPSA) is 93.0 Å². The van der Waals surface area contributed by atoms with E-state index in [0.717, 1.165) is 38.7 Å². The van der Waals surface area contributed by atoms with Crippen LogP contribution in [0.2, 0.25) is 0 Å². The van der Waals surface area contributed by atoms with Gasteiger partial charge in [0.15, 0.2) is 5.76 Å². The van der Waals surface area contributed by atoms with Crippen LogP contribution in [0.4, 0.5) is 0 Å². The van der Waals surface area contributed by atoms with Crippen molar-refractivity contribution in [2.75, 3.05) is 32.8 Å². The lowest BCUT2D eigenvalue weighted by molar-refractivity contribution is -0.151. The quantitative estimate of drug-likeness (QED) is 0.581. The average Bonchev–Trinajstić information content (AvgIpc) is 3.24. The molecule has 3 fully saturated rings. The molecule has 0 N–H and O–H groups in total. The molecule has 37 heavy (non-hydrogen) atoms. The van der Waals surface area contributed by atoms with Gasteiger partial charge in [0.05, 0.1) is 5.60 Å². The van der Waals surface area contributed by atoms with Crippen molar-refractivity contribution in [3.05, 3.63) is 46.8 Å². The van der Waals surface area contributed by atoms with Crippen molar-refractivity contribution in [1.29, 1.82) is 0 Å². The third kappa shape index (κ3) is 5.49. The van der Waals surface area contributed by atoms with Gasteiger partial charge in [-0.25, -0.2) is 8.42 Å². The fraction of sp³-hybridized carbons (Fsp3) is 0.643. The summed E-state index contributed by atoms with van der Waals surface area (Å²) in [6.07, 6.45) is 6.07. The number of ether oxygens (including phenoxy) is 1. The average molecular weight is 530 g/mol. The minimum absolute atomic E-state index is 0.115. The summed E-state index contributed by atoms with van der Waals surface area (Å²) in [6, 6.07) is 8.85. The lowest BCUT2D eigenvalue weighted by Gasteiger charge is -2.47. The molecule has 4 heterocycles. The van der Waals surface area contributed by atoms with E-state index in [1.807, 2.05) is 4.90 Å². The Hall–Kier alpha value is -2.23. The maximum absolute atomic E-state index is 13.3. The highest BCUT2D eigenvalue weighted by Crippen LogP contribution is 2.39. The zero-order valence-electron chi connectivity index (χ0n) is 22.2. The predicted octanol–water partition coefficient (Wildman–Crippen LogP) is 4.03. The molecule has 9 heteroatoms. The van der Waals surface area contributed by atoms with Crippen LogP contribution in [0.1, 0.15) is 61.1 Å². The summed E-state index contributed by atoms with van der Waals surface area (Å²) in [5.74, 6) is 0.953. The van der Waals surface area contributed by atoms with Gasteiger partial charge in [-0.1, -0.05) is 35.0 Å². The number of rotatable bonds is 5. The summed E-state index contributed by atoms with van der Waals surface area (Å²) in [7, 11) is -3.67. The van der Waals surface area contributed by atoms with Gasteiger partial charge in [0.25, 0.3) is 0 Å². The van der Waals surface area contributed by atoms with Gasteiger partial charge in [0.1, 0.15) is 10.6 Å². The number of likely N-dealkylation sites (tertiary alicyclic amines) is 1. The van der Waals surface area contributed by atoms with Gasteiger partial charge in [-0.3, -0.25) is 4.79 Å². The maximum atomic E-state index is 13.3. The van der Waals surface area contributed by atoms with Crippen molar-refractivity contribution in [3.8, 4) is 0 Å². The van der Waals surface area contributed by atoms with E-state index in [2.05, 4.69) is 36.3 Å². The Morgan fingerprint density at radius 2 is 1.70 bits per heavy atom. The molecule has 0 bridgehead atoms. The highest BCUT2D eigenvalue weighted by Gasteiger charge is 2.43. The molecular formula is C28H39N3O5S. The Balaban J connectivity index is 1.13. The van der Waals surface area contributed by atoms with Crippen LogP contribution in [0.5, 0.6) is 0 Å². The highest BCUT2D eigenvalue weighted by molar-refractivity contribution is 7.89. The van der Waals surface area contributed by atoms with Crippen molar-refractivity contribution in [3.63, 3.8) is 0 Å². The zero-order chi connectivity index (χ0) is 26.2. The molecule has 202 valence electrons. The second-order valence-electron chi connectivity index (χ2n) is 11.2. The number of hydrogen-bond donors (Lipinski definition) is 0. The van der Waals surface area contributed by atoms with Crippen molar-refractivity contribution in [2.24, 2.45) is 11.8 Å². The fourth-order valence-electron chi connectivity index (χ4n) is 6.42. The van der Waals surface area contributed by atoms with E-state index in [4.69, 9.17) is 9.26 Å². The number of piperidine rings is 2. The Kier molecular flexibility index (Phi) is 7.49. The van der Waals surface area contributed by atoms with Gasteiger partial charge in [0, 0.05) is 38.7 Å². The third-order valence-corrected chi connectivity index (χ3v) is 10.7. The fourth-order valence-corrected chi connectivity index (χ4v) is 8.18. The number of benzene rings is 1. The summed E-state index contributed by atoms with van der Waals surface area (Å²) in [6.45, 7) is 8.28. The molecule has 0 saturated carbocycles. The first-order valence-electron chi connectivity index (χ1n) is 13.6. The smallest absolute Gasteiger partial charge is 0.248 e. The SMILES string of the molecule is Cc1ccc(CC2CCOC3(CCN(C(=O)C4CCN(S(=O)(=O)c5c(C)noc5C)CC4)CC3)C2)cc1. The van der Waals surface area contributed by atoms with Gasteiger partial charge in [-0.2, -0.15) is 4.31 Å². The molecule has 1 spiro atoms. The van der Waals surface area contributed by atoms with Gasteiger partial charge in [-0.15, -0.1) is 0 Å². The summed E-state index contributed by atoms with van der Waals surface area (Å²) in [4.78, 5) is 15.5. The van der Waals surface area contributed by atoms with Gasteiger partial charge in [-0.05, 0) is 77.2 Å². The van der Waals surface area contributed by atoms with Crippen molar-refractivity contribution >= 4 is 15.9 Å². The second-order valence-corrected chi connectivity index (χ2v) is 13.1. The number of hydrogen-bond acceptors (Lipinski definition) is 6. The number of carbonyl (C=O) groups is 1. The van der Waals surface area contributed by atoms with Crippen LogP contribution in [-0.4, -0.2) is 67.1 Å². The Labute approximate surface area is 220 Å². The molecule has 3 saturated heterocycles. The van der Waals surface area contributed by atoms with E-state index in [-0.39, 0.29) is 22.3 Å². The maximum Gasteiger partial charge on any atom is 0.248 e. The van der Waals surface area contributed by atoms with Crippen LogP contribution in [-0.2, 0) is 26.0 Å². The molecule has 1 unspecified atom stereocenters. The number of amides is 1. The van der Waals surface area contributed by atoms with Crippen molar-refractivity contribution in [1.82, 2.24) is 14.4 Å². The van der Waals surface area contributed by atoms with Crippen LogP contribution < -0.4 is 0 Å². The minimum atomic E-state index is -3.67. The van der Waals surface area contributed by atoms with Crippen LogP contribution in [0.25, 0.3) is 0 Å². The normalized spacial score (nSPS) is 23.4. The molecular weight excluding hydrogens is 490 g/mol. The molecule has 8 nitrogen and oxygen atoms in total. The predicted molar refractivity (Wildman–Crippen MR) is 140 cm³/mol. The molecule has 1 aromatic carbocycles. The van der Waals surface area contributed by atoms with Crippen LogP contribution in [0, 0.1) is 32.6 Å². The summed E-state index contributed by atoms with van der Waals surface area (Å²) in [5, 5.41) is 3.79. The van der Waals surface area contributed by atoms with E-state index in [0.29, 0.717) is 56.4 Å². The van der Waals surface area contributed by atoms with E-state index in [1.54, 1.807) is 13.8 Å². The van der Waals surface area contributed by atoms with E-state index >= 15 is 0 Å². The minimum Gasteiger partial charge on any atom is -0.375 e. The first-order valence-corrected chi connectivity index (χ1v) is 15.0. The lowest BCUT2D eigenvalue weighted by Crippen LogP contribution is -2.53. The van der Waals surface area contributed by atoms with Crippen molar-refractivity contribution < 1.29 is 22.5 Å². The highest BCUT2D eigenvalue weighted by atomic mass is 32.2. The first-order chi connectivity index (χ1) is 17.7. The Morgan fingerprint density at radius 1 is 1.03 bits per heavy atom. The lowest BCUT2D eigenvalue weighted by atomic mass is 9.77. The summed E-state index contributed by atoms with van der Waals surface area (Å²) >= 11 is 0. The number of aryl methyl sites for hydroxylation is 3. The van der Waals surface area contributed by atoms with E-state index in [1.165, 1.54) is 15.4 Å². The number of sulfonamides is 1. The van der Waals surface area contributed by atoms with E-state index in [9.17, 15) is 13.2 Å². The van der Waals surface area contributed by atoms with Crippen LogP contribution in [0.15, 0.2) is 33.7 Å². The van der Waals surface area contributed by atoms with Gasteiger partial charge < -0.3 is 14.2 Å². The van der Waals surface area contributed by atoms with Crippen LogP contribution >= 0.6 is 0 Å². The second kappa shape index (κ2) is 10.5. The van der Waals surface area contributed by atoms with Crippen molar-refractivity contribution in [2.45, 2.75) is 76.2 Å². The molecule has 0 aliphatic carbocycles. The van der Waals surface area contributed by atoms with Gasteiger partial charge in [0.2, 0.25) is 15.9 Å². The van der Waals surface area contributed by atoms with Crippen LogP contribution in [0.3, 0.4) is 0 Å². The molecule has 0 radical (unpaired) electrons. The molecule has 1 aromatic heterocycles. The number of carbonyl (C=O) groups excluding carboxylic acids is 1. The first kappa shape index (κ1) is 26.4. The Bertz CT molecular complexity index is 1190. The molecule has 5 rings (SSSR count). The summed E-state index contributed by atoms with van der Waals surface area (Å²) in [5.41, 5.74) is 2.94. The van der Waals surface area contributed by atoms with E-state index < -0.39 is 10.0 Å². The third-order valence-electron chi connectivity index (χ3n) is 8.60. The zero-order valence-corrected chi connectivity index (χ0v) is 23.1. The Morgan fingerprint density at radius 3 is 2.32 bits per heavy atom. The monoisotopic (exact) mass is 529 g/mol. The standard InChI is InChI=1S/C28H39N3O5S/c1-20-4-6-23(7-5-20)18-24-10-17-35-28(19-24)11-15-30(16-12-28)27(32)25-8-13-31(14-9-25)37(33,34)26-21(2)29-36-22(26)3/h4-7,24-25H,8-19H2,1-3H3. The largest absolute Gasteiger partial charge is 0.375 e. The molecule has 1 amide bonds. The number of nitrogens with zero attached hydrogens (tertiary/aromatic N) is 3.